The first kappa shape index (κ1) is 11.1. The van der Waals surface area contributed by atoms with Crippen molar-refractivity contribution in [1.82, 2.24) is 4.98 Å². The molecule has 0 radical (unpaired) electrons. The highest BCUT2D eigenvalue weighted by Crippen LogP contribution is 2.38. The number of fused-ring (bicyclic) bond motifs is 3. The van der Waals surface area contributed by atoms with Crippen LogP contribution in [0.4, 0.5) is 0 Å². The van der Waals surface area contributed by atoms with E-state index in [0.717, 1.165) is 27.8 Å². The van der Waals surface area contributed by atoms with Crippen LogP contribution in [0.2, 0.25) is 0 Å². The fraction of sp³-hybridized carbons (Fsp3) is 0. The average Bonchev–Trinajstić information content (AvgIpc) is 2.85. The highest BCUT2D eigenvalue weighted by molar-refractivity contribution is 6.01. The molecule has 0 aromatic heterocycles. The largest absolute Gasteiger partial charge is 0.494 e. The smallest absolute Gasteiger partial charge is 0.196 e. The Balaban J connectivity index is 2.03. The lowest BCUT2D eigenvalue weighted by Crippen LogP contribution is -1.87. The maximum absolute atomic E-state index is 10.3. The highest BCUT2D eigenvalue weighted by Gasteiger charge is 2.14. The molecule has 20 heavy (non-hydrogen) atoms. The van der Waals surface area contributed by atoms with E-state index in [1.807, 2.05) is 48.5 Å². The molecule has 4 rings (SSSR count). The fourth-order valence-corrected chi connectivity index (χ4v) is 2.75. The molecule has 0 bridgehead atoms. The summed E-state index contributed by atoms with van der Waals surface area (Å²) in [5.74, 6) is 0.208. The number of nitrogens with one attached hydrogen (secondary N) is 1. The maximum Gasteiger partial charge on any atom is 0.196 e. The molecule has 1 heterocycles. The van der Waals surface area contributed by atoms with Gasteiger partial charge in [-0.15, -0.1) is 0 Å². The second-order valence-corrected chi connectivity index (χ2v) is 4.96. The summed E-state index contributed by atoms with van der Waals surface area (Å²) in [6.07, 6.45) is 0. The van der Waals surface area contributed by atoms with Crippen LogP contribution in [0.1, 0.15) is 0 Å². The van der Waals surface area contributed by atoms with Gasteiger partial charge in [0.05, 0.1) is 5.69 Å². The fourth-order valence-electron chi connectivity index (χ4n) is 2.75. The van der Waals surface area contributed by atoms with E-state index >= 15 is 0 Å². The van der Waals surface area contributed by atoms with Gasteiger partial charge < -0.3 is 10.1 Å². The van der Waals surface area contributed by atoms with Crippen molar-refractivity contribution in [1.29, 1.82) is 0 Å². The van der Waals surface area contributed by atoms with Crippen LogP contribution < -0.4 is 0 Å². The SMILES string of the molecule is Oc1[nH]c2c3ccccc3cc-2cc1-c1ccccc1. The van der Waals surface area contributed by atoms with Gasteiger partial charge in [0.15, 0.2) is 5.88 Å². The van der Waals surface area contributed by atoms with Crippen LogP contribution in [-0.2, 0) is 0 Å². The predicted molar refractivity (Wildman–Crippen MR) is 82.0 cm³/mol. The van der Waals surface area contributed by atoms with Gasteiger partial charge in [-0.25, -0.2) is 0 Å². The molecular weight excluding hydrogens is 246 g/mol. The summed E-state index contributed by atoms with van der Waals surface area (Å²) < 4.78 is 0. The lowest BCUT2D eigenvalue weighted by Gasteiger charge is -2.09. The molecule has 0 spiro atoms. The van der Waals surface area contributed by atoms with Gasteiger partial charge in [0.25, 0.3) is 0 Å². The number of rotatable bonds is 1. The molecule has 2 aromatic rings. The molecular formula is C18H13NO. The Hall–Kier alpha value is -2.74. The van der Waals surface area contributed by atoms with Gasteiger partial charge in [-0.3, -0.25) is 0 Å². The van der Waals surface area contributed by atoms with Crippen molar-refractivity contribution in [2.75, 3.05) is 0 Å². The molecule has 0 amide bonds. The number of hydrogen-bond acceptors (Lipinski definition) is 1. The van der Waals surface area contributed by atoms with Crippen LogP contribution >= 0.6 is 0 Å². The predicted octanol–water partition coefficient (Wildman–Crippen LogP) is 4.65. The molecule has 2 N–H and O–H groups in total. The van der Waals surface area contributed by atoms with Crippen molar-refractivity contribution in [3.8, 4) is 28.3 Å². The van der Waals surface area contributed by atoms with Crippen molar-refractivity contribution < 1.29 is 5.11 Å². The molecule has 1 aliphatic heterocycles. The topological polar surface area (TPSA) is 36.0 Å². The minimum Gasteiger partial charge on any atom is -0.494 e. The number of benzene rings is 2. The molecule has 96 valence electrons. The summed E-state index contributed by atoms with van der Waals surface area (Å²) in [6, 6.07) is 22.3. The Labute approximate surface area is 116 Å². The Morgan fingerprint density at radius 3 is 2.35 bits per heavy atom. The van der Waals surface area contributed by atoms with Gasteiger partial charge >= 0.3 is 0 Å². The van der Waals surface area contributed by atoms with Crippen LogP contribution in [-0.4, -0.2) is 10.1 Å². The van der Waals surface area contributed by atoms with E-state index in [0.29, 0.717) is 0 Å². The van der Waals surface area contributed by atoms with Crippen molar-refractivity contribution in [3.05, 3.63) is 66.7 Å². The second kappa shape index (κ2) is 4.14. The van der Waals surface area contributed by atoms with E-state index in [1.165, 1.54) is 5.39 Å². The standard InChI is InChI=1S/C18H13NO/c20-18-16(12-6-2-1-3-7-12)11-14-10-13-8-4-5-9-15(13)17(14)19-18/h1-11,19-20H. The quantitative estimate of drug-likeness (QED) is 0.513. The molecule has 2 nitrogen and oxygen atoms in total. The Kier molecular flexibility index (Phi) is 2.30. The Bertz CT molecular complexity index is 861. The van der Waals surface area contributed by atoms with Crippen molar-refractivity contribution in [2.24, 2.45) is 0 Å². The minimum absolute atomic E-state index is 0.208. The maximum atomic E-state index is 10.3. The van der Waals surface area contributed by atoms with Gasteiger partial charge in [0, 0.05) is 16.5 Å². The van der Waals surface area contributed by atoms with Gasteiger partial charge in [-0.2, -0.15) is 0 Å². The van der Waals surface area contributed by atoms with Crippen LogP contribution in [0.25, 0.3) is 33.2 Å². The molecule has 2 heteroatoms. The van der Waals surface area contributed by atoms with Crippen molar-refractivity contribution in [3.63, 3.8) is 0 Å². The summed E-state index contributed by atoms with van der Waals surface area (Å²) in [4.78, 5) is 3.14. The number of aromatic hydroxyl groups is 1. The summed E-state index contributed by atoms with van der Waals surface area (Å²) in [7, 11) is 0. The first-order valence-corrected chi connectivity index (χ1v) is 6.62. The Morgan fingerprint density at radius 2 is 1.50 bits per heavy atom. The van der Waals surface area contributed by atoms with Crippen LogP contribution in [0.3, 0.4) is 0 Å². The molecule has 0 saturated carbocycles. The van der Waals surface area contributed by atoms with Gasteiger partial charge in [0.2, 0.25) is 0 Å². The van der Waals surface area contributed by atoms with Crippen LogP contribution in [0, 0.1) is 0 Å². The number of hydrogen-bond donors (Lipinski definition) is 2. The minimum atomic E-state index is 0.208. The lowest BCUT2D eigenvalue weighted by atomic mass is 10.0. The van der Waals surface area contributed by atoms with E-state index in [1.54, 1.807) is 0 Å². The summed E-state index contributed by atoms with van der Waals surface area (Å²) in [5, 5.41) is 12.6. The zero-order valence-electron chi connectivity index (χ0n) is 10.8. The van der Waals surface area contributed by atoms with Gasteiger partial charge in [-0.1, -0.05) is 54.6 Å². The third-order valence-corrected chi connectivity index (χ3v) is 3.71. The third kappa shape index (κ3) is 1.58. The molecule has 0 fully saturated rings. The van der Waals surface area contributed by atoms with E-state index in [4.69, 9.17) is 0 Å². The van der Waals surface area contributed by atoms with Crippen LogP contribution in [0.5, 0.6) is 5.88 Å². The second-order valence-electron chi connectivity index (χ2n) is 4.96. The summed E-state index contributed by atoms with van der Waals surface area (Å²) in [5.41, 5.74) is 3.93. The number of H-pyrrole nitrogens is 1. The van der Waals surface area contributed by atoms with Crippen molar-refractivity contribution >= 4 is 10.8 Å². The molecule has 2 aliphatic rings. The number of aromatic amines is 1. The average molecular weight is 259 g/mol. The van der Waals surface area contributed by atoms with E-state index in [2.05, 4.69) is 23.2 Å². The van der Waals surface area contributed by atoms with E-state index < -0.39 is 0 Å². The number of pyridine rings is 1. The summed E-state index contributed by atoms with van der Waals surface area (Å²) >= 11 is 0. The molecule has 0 saturated heterocycles. The third-order valence-electron chi connectivity index (χ3n) is 3.71. The Morgan fingerprint density at radius 1 is 0.750 bits per heavy atom. The normalized spacial score (nSPS) is 11.2. The van der Waals surface area contributed by atoms with E-state index in [9.17, 15) is 5.11 Å². The van der Waals surface area contributed by atoms with Gasteiger partial charge in [0.1, 0.15) is 0 Å². The van der Waals surface area contributed by atoms with Crippen LogP contribution in [0.15, 0.2) is 66.7 Å². The molecule has 2 aromatic carbocycles. The highest BCUT2D eigenvalue weighted by atomic mass is 16.3. The lowest BCUT2D eigenvalue weighted by molar-refractivity contribution is 0.456. The monoisotopic (exact) mass is 259 g/mol. The van der Waals surface area contributed by atoms with E-state index in [-0.39, 0.29) is 5.88 Å². The zero-order chi connectivity index (χ0) is 13.5. The van der Waals surface area contributed by atoms with Crippen molar-refractivity contribution in [2.45, 2.75) is 0 Å². The zero-order valence-corrected chi connectivity index (χ0v) is 10.8. The molecule has 1 aliphatic carbocycles. The summed E-state index contributed by atoms with van der Waals surface area (Å²) in [6.45, 7) is 0. The molecule has 0 unspecified atom stereocenters. The molecule has 0 atom stereocenters. The van der Waals surface area contributed by atoms with Gasteiger partial charge in [-0.05, 0) is 23.1 Å². The first-order valence-electron chi connectivity index (χ1n) is 6.62. The first-order chi connectivity index (χ1) is 9.83. The number of aromatic nitrogens is 1.